The van der Waals surface area contributed by atoms with Gasteiger partial charge in [0.2, 0.25) is 0 Å². The number of aromatic nitrogens is 1. The zero-order valence-electron chi connectivity index (χ0n) is 14.5. The molecule has 2 aliphatic rings. The van der Waals surface area contributed by atoms with E-state index in [1.54, 1.807) is 0 Å². The van der Waals surface area contributed by atoms with Crippen LogP contribution in [-0.2, 0) is 14.9 Å². The van der Waals surface area contributed by atoms with Gasteiger partial charge in [0, 0.05) is 25.8 Å². The van der Waals surface area contributed by atoms with E-state index in [1.165, 1.54) is 26.9 Å². The number of morpholine rings is 1. The van der Waals surface area contributed by atoms with Crippen molar-refractivity contribution in [1.29, 1.82) is 0 Å². The fourth-order valence-electron chi connectivity index (χ4n) is 3.16. The first kappa shape index (κ1) is 18.5. The number of rotatable bonds is 4. The van der Waals surface area contributed by atoms with E-state index >= 15 is 0 Å². The van der Waals surface area contributed by atoms with Gasteiger partial charge < -0.3 is 9.47 Å². The smallest absolute Gasteiger partial charge is 0.282 e. The first-order chi connectivity index (χ1) is 11.8. The molecule has 7 nitrogen and oxygen atoms in total. The largest absolute Gasteiger partial charge is 0.471 e. The minimum absolute atomic E-state index is 0.0840. The third-order valence-electron chi connectivity index (χ3n) is 4.39. The molecule has 2 saturated heterocycles. The van der Waals surface area contributed by atoms with Gasteiger partial charge in [-0.05, 0) is 38.8 Å². The Morgan fingerprint density at radius 1 is 1.36 bits per heavy atom. The Morgan fingerprint density at radius 2 is 2.16 bits per heavy atom. The van der Waals surface area contributed by atoms with Crippen molar-refractivity contribution >= 4 is 10.2 Å². The molecular formula is C16H24FN3O4S. The van der Waals surface area contributed by atoms with Crippen LogP contribution in [0.1, 0.15) is 26.7 Å². The summed E-state index contributed by atoms with van der Waals surface area (Å²) in [6.07, 6.45) is 2.36. The Labute approximate surface area is 147 Å². The quantitative estimate of drug-likeness (QED) is 0.798. The summed E-state index contributed by atoms with van der Waals surface area (Å²) in [5, 5.41) is 0. The van der Waals surface area contributed by atoms with Crippen molar-refractivity contribution in [2.75, 3.05) is 32.8 Å². The van der Waals surface area contributed by atoms with Crippen LogP contribution in [0, 0.1) is 5.82 Å². The number of nitrogens with zero attached hydrogens (tertiary/aromatic N) is 3. The van der Waals surface area contributed by atoms with Crippen molar-refractivity contribution in [1.82, 2.24) is 13.6 Å². The average Bonchev–Trinajstić information content (AvgIpc) is 2.56. The van der Waals surface area contributed by atoms with Crippen LogP contribution >= 0.6 is 0 Å². The molecular weight excluding hydrogens is 349 g/mol. The molecule has 0 bridgehead atoms. The van der Waals surface area contributed by atoms with E-state index in [2.05, 4.69) is 4.98 Å². The van der Waals surface area contributed by atoms with Crippen molar-refractivity contribution in [3.63, 3.8) is 0 Å². The molecule has 0 amide bonds. The molecule has 9 heteroatoms. The van der Waals surface area contributed by atoms with Crippen molar-refractivity contribution in [2.24, 2.45) is 0 Å². The predicted octanol–water partition coefficient (Wildman–Crippen LogP) is 1.42. The van der Waals surface area contributed by atoms with Gasteiger partial charge in [0.05, 0.1) is 18.8 Å². The molecule has 2 aliphatic heterocycles. The second kappa shape index (κ2) is 7.14. The standard InChI is InChI=1S/C16H24FN3O4S/c1-16(2)12-20(9-10-23-16)25(21,22)19-8-4-5-13(11-19)24-15-14(17)6-3-7-18-15/h3,6-7,13H,4-5,8-12H2,1-2H3. The van der Waals surface area contributed by atoms with Crippen LogP contribution in [0.2, 0.25) is 0 Å². The Hall–Kier alpha value is -1.29. The van der Waals surface area contributed by atoms with Gasteiger partial charge in [-0.1, -0.05) is 0 Å². The van der Waals surface area contributed by atoms with Crippen molar-refractivity contribution in [3.8, 4) is 5.88 Å². The number of pyridine rings is 1. The average molecular weight is 373 g/mol. The number of halogens is 1. The minimum Gasteiger partial charge on any atom is -0.471 e. The van der Waals surface area contributed by atoms with Gasteiger partial charge in [-0.25, -0.2) is 9.37 Å². The summed E-state index contributed by atoms with van der Waals surface area (Å²) in [6, 6.07) is 2.76. The summed E-state index contributed by atoms with van der Waals surface area (Å²) in [5.41, 5.74) is -0.506. The van der Waals surface area contributed by atoms with Crippen LogP contribution in [-0.4, -0.2) is 66.5 Å². The molecule has 1 atom stereocenters. The van der Waals surface area contributed by atoms with Crippen LogP contribution in [0.15, 0.2) is 18.3 Å². The maximum atomic E-state index is 13.7. The third-order valence-corrected chi connectivity index (χ3v) is 6.34. The van der Waals surface area contributed by atoms with Gasteiger partial charge in [-0.2, -0.15) is 17.0 Å². The molecule has 0 saturated carbocycles. The lowest BCUT2D eigenvalue weighted by molar-refractivity contribution is -0.0655. The lowest BCUT2D eigenvalue weighted by Crippen LogP contribution is -2.56. The molecule has 0 N–H and O–H groups in total. The van der Waals surface area contributed by atoms with Crippen LogP contribution < -0.4 is 4.74 Å². The van der Waals surface area contributed by atoms with Gasteiger partial charge >= 0.3 is 0 Å². The normalized spacial score (nSPS) is 25.6. The van der Waals surface area contributed by atoms with E-state index in [0.717, 1.165) is 0 Å². The van der Waals surface area contributed by atoms with Gasteiger partial charge in [0.1, 0.15) is 6.10 Å². The van der Waals surface area contributed by atoms with E-state index in [1.807, 2.05) is 13.8 Å². The molecule has 3 heterocycles. The lowest BCUT2D eigenvalue weighted by Gasteiger charge is -2.41. The highest BCUT2D eigenvalue weighted by Gasteiger charge is 2.39. The molecule has 25 heavy (non-hydrogen) atoms. The van der Waals surface area contributed by atoms with Crippen molar-refractivity contribution in [2.45, 2.75) is 38.4 Å². The summed E-state index contributed by atoms with van der Waals surface area (Å²) < 4.78 is 53.7. The van der Waals surface area contributed by atoms with Crippen LogP contribution in [0.3, 0.4) is 0 Å². The lowest BCUT2D eigenvalue weighted by atomic mass is 10.1. The summed E-state index contributed by atoms with van der Waals surface area (Å²) in [4.78, 5) is 3.88. The van der Waals surface area contributed by atoms with Crippen molar-refractivity contribution in [3.05, 3.63) is 24.1 Å². The van der Waals surface area contributed by atoms with E-state index in [9.17, 15) is 12.8 Å². The van der Waals surface area contributed by atoms with Crippen LogP contribution in [0.4, 0.5) is 4.39 Å². The summed E-state index contributed by atoms with van der Waals surface area (Å²) in [7, 11) is -3.60. The number of piperidine rings is 1. The SMILES string of the molecule is CC1(C)CN(S(=O)(=O)N2CCCC(Oc3ncccc3F)C2)CCO1. The van der Waals surface area contributed by atoms with Gasteiger partial charge in [0.25, 0.3) is 16.1 Å². The first-order valence-electron chi connectivity index (χ1n) is 8.44. The summed E-state index contributed by atoms with van der Waals surface area (Å²) in [6.45, 7) is 5.40. The Balaban J connectivity index is 1.69. The van der Waals surface area contributed by atoms with Crippen molar-refractivity contribution < 1.29 is 22.3 Å². The topological polar surface area (TPSA) is 72.0 Å². The monoisotopic (exact) mass is 373 g/mol. The van der Waals surface area contributed by atoms with Gasteiger partial charge in [-0.3, -0.25) is 0 Å². The van der Waals surface area contributed by atoms with E-state index in [-0.39, 0.29) is 12.4 Å². The number of hydrogen-bond acceptors (Lipinski definition) is 5. The van der Waals surface area contributed by atoms with Gasteiger partial charge in [0.15, 0.2) is 5.82 Å². The molecule has 3 rings (SSSR count). The minimum atomic E-state index is -3.60. The van der Waals surface area contributed by atoms with E-state index in [4.69, 9.17) is 9.47 Å². The summed E-state index contributed by atoms with van der Waals surface area (Å²) in [5.74, 6) is -0.628. The molecule has 140 valence electrons. The highest BCUT2D eigenvalue weighted by atomic mass is 32.2. The highest BCUT2D eigenvalue weighted by Crippen LogP contribution is 2.25. The van der Waals surface area contributed by atoms with E-state index < -0.39 is 27.7 Å². The fraction of sp³-hybridized carbons (Fsp3) is 0.688. The van der Waals surface area contributed by atoms with Gasteiger partial charge in [-0.15, -0.1) is 0 Å². The Morgan fingerprint density at radius 3 is 2.88 bits per heavy atom. The maximum absolute atomic E-state index is 13.7. The van der Waals surface area contributed by atoms with Crippen LogP contribution in [0.5, 0.6) is 5.88 Å². The predicted molar refractivity (Wildman–Crippen MR) is 89.9 cm³/mol. The third kappa shape index (κ3) is 4.28. The zero-order chi connectivity index (χ0) is 18.1. The second-order valence-corrected chi connectivity index (χ2v) is 8.91. The number of ether oxygens (including phenoxy) is 2. The molecule has 0 radical (unpaired) electrons. The molecule has 1 unspecified atom stereocenters. The molecule has 1 aromatic rings. The fourth-order valence-corrected chi connectivity index (χ4v) is 4.98. The first-order valence-corrected chi connectivity index (χ1v) is 9.84. The molecule has 0 aliphatic carbocycles. The number of hydrogen-bond donors (Lipinski definition) is 0. The second-order valence-electron chi connectivity index (χ2n) is 6.98. The maximum Gasteiger partial charge on any atom is 0.282 e. The zero-order valence-corrected chi connectivity index (χ0v) is 15.3. The molecule has 0 aromatic carbocycles. The molecule has 1 aromatic heterocycles. The molecule has 2 fully saturated rings. The molecule has 0 spiro atoms. The Kier molecular flexibility index (Phi) is 5.29. The van der Waals surface area contributed by atoms with E-state index in [0.29, 0.717) is 39.1 Å². The summed E-state index contributed by atoms with van der Waals surface area (Å²) >= 11 is 0. The Bertz CT molecular complexity index is 713. The highest BCUT2D eigenvalue weighted by molar-refractivity contribution is 7.86. The van der Waals surface area contributed by atoms with Crippen LogP contribution in [0.25, 0.3) is 0 Å².